The van der Waals surface area contributed by atoms with Crippen LogP contribution in [0.1, 0.15) is 40.7 Å². The van der Waals surface area contributed by atoms with Gasteiger partial charge in [-0.15, -0.1) is 0 Å². The van der Waals surface area contributed by atoms with Crippen molar-refractivity contribution >= 4 is 40.8 Å². The third kappa shape index (κ3) is 8.01. The molecule has 6 rings (SSSR count). The maximum atomic E-state index is 11.5. The van der Waals surface area contributed by atoms with E-state index >= 15 is 0 Å². The van der Waals surface area contributed by atoms with Gasteiger partial charge in [0.05, 0.1) is 11.6 Å². The molecule has 0 radical (unpaired) electrons. The highest BCUT2D eigenvalue weighted by atomic mass is 35.5. The van der Waals surface area contributed by atoms with E-state index in [0.29, 0.717) is 27.8 Å². The van der Waals surface area contributed by atoms with Crippen LogP contribution in [0.5, 0.6) is 0 Å². The van der Waals surface area contributed by atoms with Gasteiger partial charge < -0.3 is 13.8 Å². The molecule has 0 amide bonds. The average molecular weight is 717 g/mol. The molecule has 0 heterocycles. The smallest absolute Gasteiger partial charge is 0.401 e. The van der Waals surface area contributed by atoms with E-state index < -0.39 is 23.0 Å². The van der Waals surface area contributed by atoms with Crippen molar-refractivity contribution in [2.24, 2.45) is 0 Å². The fourth-order valence-corrected chi connectivity index (χ4v) is 9.76. The topological polar surface area (TPSA) is 62.5 Å². The van der Waals surface area contributed by atoms with Gasteiger partial charge in [-0.2, -0.15) is 5.26 Å². The van der Waals surface area contributed by atoms with Gasteiger partial charge in [-0.05, 0) is 95.8 Å². The Kier molecular flexibility index (Phi) is 11.8. The fraction of sp³-hybridized carbons (Fsp3) is 0.119. The first-order chi connectivity index (χ1) is 24.4. The second-order valence-electron chi connectivity index (χ2n) is 11.9. The first-order valence-corrected chi connectivity index (χ1v) is 18.9. The van der Waals surface area contributed by atoms with Gasteiger partial charge in [0.15, 0.2) is 0 Å². The summed E-state index contributed by atoms with van der Waals surface area (Å²) in [6, 6.07) is 56.2. The highest BCUT2D eigenvalue weighted by Gasteiger charge is 2.38. The molecule has 0 aliphatic carbocycles. The summed E-state index contributed by atoms with van der Waals surface area (Å²) >= 11 is 12.7. The molecule has 0 unspecified atom stereocenters. The van der Waals surface area contributed by atoms with Crippen molar-refractivity contribution < 1.29 is 13.8 Å². The van der Waals surface area contributed by atoms with E-state index in [-0.39, 0.29) is 6.61 Å². The first-order valence-electron chi connectivity index (χ1n) is 16.4. The minimum Gasteiger partial charge on any atom is -0.401 e. The second-order valence-corrected chi connectivity index (χ2v) is 15.6. The lowest BCUT2D eigenvalue weighted by molar-refractivity contribution is 0.193. The number of halogens is 2. The summed E-state index contributed by atoms with van der Waals surface area (Å²) in [5.41, 5.74) is 4.63. The van der Waals surface area contributed by atoms with Crippen LogP contribution >= 0.6 is 33.5 Å². The van der Waals surface area contributed by atoms with Gasteiger partial charge in [0.1, 0.15) is 0 Å². The lowest BCUT2D eigenvalue weighted by Crippen LogP contribution is -2.31. The quantitative estimate of drug-likeness (QED) is 0.0693. The van der Waals surface area contributed by atoms with Crippen molar-refractivity contribution in [3.63, 3.8) is 0 Å². The molecule has 0 saturated carbocycles. The minimum absolute atomic E-state index is 0.253. The molecule has 0 aliphatic rings. The van der Waals surface area contributed by atoms with Crippen LogP contribution < -0.4 is 0 Å². The predicted molar refractivity (Wildman–Crippen MR) is 205 cm³/mol. The van der Waals surface area contributed by atoms with Gasteiger partial charge >= 0.3 is 7.32 Å². The normalized spacial score (nSPS) is 11.9. The SMILES string of the molecule is N#Cc1ccc(CS(OB(O)OCCCC(c2ccccc2)(c2ccccc2)c2ccccc2)(c2ccc(Cl)cc2)c2ccc(Cl)cc2)cc1. The first kappa shape index (κ1) is 35.5. The lowest BCUT2D eigenvalue weighted by Gasteiger charge is -2.41. The Morgan fingerprint density at radius 2 is 1.06 bits per heavy atom. The van der Waals surface area contributed by atoms with E-state index in [9.17, 15) is 10.3 Å². The van der Waals surface area contributed by atoms with E-state index in [1.165, 1.54) is 16.7 Å². The van der Waals surface area contributed by atoms with Crippen LogP contribution in [0.15, 0.2) is 174 Å². The molecule has 1 N–H and O–H groups in total. The molecule has 0 atom stereocenters. The average Bonchev–Trinajstić information content (AvgIpc) is 3.16. The Morgan fingerprint density at radius 3 is 1.48 bits per heavy atom. The van der Waals surface area contributed by atoms with Crippen LogP contribution in [-0.2, 0) is 19.9 Å². The van der Waals surface area contributed by atoms with Crippen LogP contribution in [0.3, 0.4) is 0 Å². The van der Waals surface area contributed by atoms with Crippen LogP contribution in [0.4, 0.5) is 0 Å². The van der Waals surface area contributed by atoms with E-state index in [1.807, 2.05) is 78.9 Å². The van der Waals surface area contributed by atoms with Gasteiger partial charge in [0.25, 0.3) is 0 Å². The predicted octanol–water partition coefficient (Wildman–Crippen LogP) is 11.0. The third-order valence-electron chi connectivity index (χ3n) is 8.84. The van der Waals surface area contributed by atoms with Crippen LogP contribution in [0.2, 0.25) is 10.0 Å². The standard InChI is InChI=1S/C42H36BCl2NO3S/c44-38-21-25-40(26-22-38)50(41-27-23-39(45)24-28-41,32-34-19-17-33(31-46)18-20-34)49-43(47)48-30-10-29-42(35-11-4-1-5-12-35,36-13-6-2-7-14-36)37-15-8-3-9-16-37/h1-9,11-28,47H,10,29-30,32H2. The summed E-state index contributed by atoms with van der Waals surface area (Å²) in [7, 11) is -3.96. The molecule has 4 nitrogen and oxygen atoms in total. The molecule has 8 heteroatoms. The Morgan fingerprint density at radius 1 is 0.620 bits per heavy atom. The van der Waals surface area contributed by atoms with Crippen LogP contribution in [-0.4, -0.2) is 19.0 Å². The van der Waals surface area contributed by atoms with E-state index in [0.717, 1.165) is 21.8 Å². The number of hydrogen-bond acceptors (Lipinski definition) is 4. The second kappa shape index (κ2) is 16.6. The zero-order valence-electron chi connectivity index (χ0n) is 27.4. The zero-order valence-corrected chi connectivity index (χ0v) is 29.7. The van der Waals surface area contributed by atoms with Crippen molar-refractivity contribution in [1.29, 1.82) is 5.26 Å². The molecule has 0 bridgehead atoms. The Hall–Kier alpha value is -4.32. The summed E-state index contributed by atoms with van der Waals surface area (Å²) in [6.45, 7) is 0.253. The van der Waals surface area contributed by atoms with E-state index in [4.69, 9.17) is 32.0 Å². The summed E-state index contributed by atoms with van der Waals surface area (Å²) in [5, 5.41) is 22.1. The Labute approximate surface area is 306 Å². The molecule has 50 heavy (non-hydrogen) atoms. The van der Waals surface area contributed by atoms with E-state index in [2.05, 4.69) is 78.9 Å². The van der Waals surface area contributed by atoms with Gasteiger partial charge in [0, 0.05) is 37.6 Å². The van der Waals surface area contributed by atoms with Gasteiger partial charge in [-0.25, -0.2) is 0 Å². The summed E-state index contributed by atoms with van der Waals surface area (Å²) in [5.74, 6) is 0.418. The lowest BCUT2D eigenvalue weighted by atomic mass is 9.67. The van der Waals surface area contributed by atoms with Crippen molar-refractivity contribution in [3.05, 3.63) is 202 Å². The molecule has 0 saturated heterocycles. The van der Waals surface area contributed by atoms with Gasteiger partial charge in [-0.3, -0.25) is 0 Å². The summed E-state index contributed by atoms with van der Waals surface area (Å²) in [6.07, 6.45) is 1.37. The maximum Gasteiger partial charge on any atom is 0.647 e. The third-order valence-corrected chi connectivity index (χ3v) is 12.6. The fourth-order valence-electron chi connectivity index (χ4n) is 6.46. The largest absolute Gasteiger partial charge is 0.647 e. The molecular weight excluding hydrogens is 680 g/mol. The van der Waals surface area contributed by atoms with Crippen molar-refractivity contribution in [2.45, 2.75) is 33.8 Å². The number of nitriles is 1. The van der Waals surface area contributed by atoms with E-state index in [1.54, 1.807) is 12.1 Å². The highest BCUT2D eigenvalue weighted by molar-refractivity contribution is 8.29. The summed E-state index contributed by atoms with van der Waals surface area (Å²) in [4.78, 5) is 1.71. The van der Waals surface area contributed by atoms with Crippen LogP contribution in [0.25, 0.3) is 0 Å². The molecule has 6 aromatic rings. The van der Waals surface area contributed by atoms with Gasteiger partial charge in [0.2, 0.25) is 0 Å². The number of benzene rings is 6. The Bertz CT molecular complexity index is 1850. The molecular formula is C42H36BCl2NO3S. The molecule has 0 spiro atoms. The minimum atomic E-state index is -2.43. The number of rotatable bonds is 14. The molecule has 0 fully saturated rings. The van der Waals surface area contributed by atoms with Crippen molar-refractivity contribution in [3.8, 4) is 6.07 Å². The number of hydrogen-bond donors (Lipinski definition) is 1. The zero-order chi connectivity index (χ0) is 34.8. The summed E-state index contributed by atoms with van der Waals surface area (Å²) < 4.78 is 12.8. The molecule has 6 aromatic carbocycles. The maximum absolute atomic E-state index is 11.5. The molecule has 0 aliphatic heterocycles. The van der Waals surface area contributed by atoms with Gasteiger partial charge in [-0.1, -0.05) is 137 Å². The highest BCUT2D eigenvalue weighted by Crippen LogP contribution is 2.66. The molecule has 0 aromatic heterocycles. The van der Waals surface area contributed by atoms with Crippen molar-refractivity contribution in [1.82, 2.24) is 0 Å². The number of nitrogens with zero attached hydrogens (tertiary/aromatic N) is 1. The van der Waals surface area contributed by atoms with Crippen LogP contribution in [0, 0.1) is 11.3 Å². The van der Waals surface area contributed by atoms with Crippen molar-refractivity contribution in [2.75, 3.05) is 6.61 Å². The molecule has 250 valence electrons. The monoisotopic (exact) mass is 715 g/mol. The Balaban J connectivity index is 1.30.